The summed E-state index contributed by atoms with van der Waals surface area (Å²) in [7, 11) is 0. The molecule has 1 aromatic heterocycles. The molecular formula is C22H28N4O2. The summed E-state index contributed by atoms with van der Waals surface area (Å²) in [5.41, 5.74) is 2.41. The van der Waals surface area contributed by atoms with Gasteiger partial charge in [0.2, 0.25) is 5.91 Å². The van der Waals surface area contributed by atoms with Crippen molar-refractivity contribution in [2.24, 2.45) is 5.92 Å². The number of piperazine rings is 1. The third kappa shape index (κ3) is 5.09. The highest BCUT2D eigenvalue weighted by Gasteiger charge is 2.22. The molecule has 28 heavy (non-hydrogen) atoms. The number of nitrogens with zero attached hydrogens (tertiary/aromatic N) is 3. The minimum atomic E-state index is -0.146. The van der Waals surface area contributed by atoms with Gasteiger partial charge >= 0.3 is 0 Å². The Kier molecular flexibility index (Phi) is 6.29. The number of benzene rings is 1. The molecule has 2 amide bonds. The Balaban J connectivity index is 1.54. The van der Waals surface area contributed by atoms with E-state index in [4.69, 9.17) is 0 Å². The molecule has 2 heterocycles. The number of pyridine rings is 1. The zero-order valence-electron chi connectivity index (χ0n) is 16.8. The summed E-state index contributed by atoms with van der Waals surface area (Å²) < 4.78 is 0. The smallest absolute Gasteiger partial charge is 0.255 e. The highest BCUT2D eigenvalue weighted by atomic mass is 16.2. The fourth-order valence-corrected chi connectivity index (χ4v) is 3.22. The molecule has 0 spiro atoms. The van der Waals surface area contributed by atoms with Crippen LogP contribution in [-0.2, 0) is 4.79 Å². The fraction of sp³-hybridized carbons (Fsp3) is 0.409. The highest BCUT2D eigenvalue weighted by Crippen LogP contribution is 2.18. The van der Waals surface area contributed by atoms with Crippen LogP contribution >= 0.6 is 0 Å². The first kappa shape index (κ1) is 19.9. The Morgan fingerprint density at radius 3 is 2.29 bits per heavy atom. The van der Waals surface area contributed by atoms with Gasteiger partial charge in [-0.3, -0.25) is 9.59 Å². The normalized spacial score (nSPS) is 14.3. The van der Waals surface area contributed by atoms with Gasteiger partial charge in [0.25, 0.3) is 5.91 Å². The van der Waals surface area contributed by atoms with E-state index in [9.17, 15) is 9.59 Å². The number of hydrogen-bond acceptors (Lipinski definition) is 4. The minimum absolute atomic E-state index is 0.146. The van der Waals surface area contributed by atoms with Crippen molar-refractivity contribution >= 4 is 23.3 Å². The number of carbonyl (C=O) groups excluding carboxylic acids is 2. The number of amides is 2. The van der Waals surface area contributed by atoms with Gasteiger partial charge in [-0.25, -0.2) is 4.98 Å². The van der Waals surface area contributed by atoms with Crippen LogP contribution in [0.15, 0.2) is 42.6 Å². The lowest BCUT2D eigenvalue weighted by atomic mass is 10.1. The van der Waals surface area contributed by atoms with Crippen LogP contribution in [0.4, 0.5) is 11.5 Å². The molecule has 1 aromatic carbocycles. The molecule has 6 heteroatoms. The molecule has 148 valence electrons. The number of aromatic nitrogens is 1. The Bertz CT molecular complexity index is 807. The Labute approximate surface area is 166 Å². The van der Waals surface area contributed by atoms with E-state index in [1.165, 1.54) is 0 Å². The first-order chi connectivity index (χ1) is 13.4. The summed E-state index contributed by atoms with van der Waals surface area (Å²) in [4.78, 5) is 33.1. The van der Waals surface area contributed by atoms with Crippen molar-refractivity contribution in [3.63, 3.8) is 0 Å². The predicted molar refractivity (Wildman–Crippen MR) is 112 cm³/mol. The summed E-state index contributed by atoms with van der Waals surface area (Å²) in [6, 6.07) is 11.2. The van der Waals surface area contributed by atoms with Gasteiger partial charge in [0.05, 0.1) is 11.9 Å². The second kappa shape index (κ2) is 8.87. The molecular weight excluding hydrogens is 352 g/mol. The maximum absolute atomic E-state index is 12.3. The standard InChI is InChI=1S/C22H28N4O2/c1-16(2)14-21(27)26-12-10-25(11-13-26)20-9-8-19(15-23-20)24-22(28)18-6-4-17(3)5-7-18/h4-9,15-16H,10-14H2,1-3H3,(H,24,28). The van der Waals surface area contributed by atoms with Gasteiger partial charge in [-0.05, 0) is 37.1 Å². The summed E-state index contributed by atoms with van der Waals surface area (Å²) in [5, 5.41) is 2.88. The molecule has 1 fully saturated rings. The van der Waals surface area contributed by atoms with Crippen molar-refractivity contribution in [3.05, 3.63) is 53.7 Å². The first-order valence-electron chi connectivity index (χ1n) is 9.79. The van der Waals surface area contributed by atoms with E-state index < -0.39 is 0 Å². The lowest BCUT2D eigenvalue weighted by Gasteiger charge is -2.35. The van der Waals surface area contributed by atoms with Crippen LogP contribution in [0.25, 0.3) is 0 Å². The predicted octanol–water partition coefficient (Wildman–Crippen LogP) is 3.34. The molecule has 1 aliphatic rings. The number of rotatable bonds is 5. The largest absolute Gasteiger partial charge is 0.353 e. The number of anilines is 2. The Morgan fingerprint density at radius 1 is 1.04 bits per heavy atom. The Hall–Kier alpha value is -2.89. The maximum atomic E-state index is 12.3. The zero-order valence-corrected chi connectivity index (χ0v) is 16.8. The highest BCUT2D eigenvalue weighted by molar-refractivity contribution is 6.04. The van der Waals surface area contributed by atoms with Gasteiger partial charge in [0, 0.05) is 38.2 Å². The Morgan fingerprint density at radius 2 is 1.71 bits per heavy atom. The summed E-state index contributed by atoms with van der Waals surface area (Å²) in [6.45, 7) is 9.11. The number of carbonyl (C=O) groups is 2. The molecule has 1 N–H and O–H groups in total. The SMILES string of the molecule is Cc1ccc(C(=O)Nc2ccc(N3CCN(C(=O)CC(C)C)CC3)nc2)cc1. The second-order valence-electron chi connectivity index (χ2n) is 7.69. The van der Waals surface area contributed by atoms with Crippen molar-refractivity contribution in [1.82, 2.24) is 9.88 Å². The first-order valence-corrected chi connectivity index (χ1v) is 9.79. The molecule has 0 unspecified atom stereocenters. The molecule has 0 saturated carbocycles. The van der Waals surface area contributed by atoms with Crippen LogP contribution in [-0.4, -0.2) is 47.9 Å². The van der Waals surface area contributed by atoms with Crippen molar-refractivity contribution < 1.29 is 9.59 Å². The minimum Gasteiger partial charge on any atom is -0.353 e. The van der Waals surface area contributed by atoms with Crippen molar-refractivity contribution in [1.29, 1.82) is 0 Å². The molecule has 0 radical (unpaired) electrons. The van der Waals surface area contributed by atoms with Gasteiger partial charge in [-0.2, -0.15) is 0 Å². The van der Waals surface area contributed by atoms with Crippen molar-refractivity contribution in [3.8, 4) is 0 Å². The number of hydrogen-bond donors (Lipinski definition) is 1. The van der Waals surface area contributed by atoms with E-state index in [1.54, 1.807) is 6.20 Å². The third-order valence-corrected chi connectivity index (χ3v) is 4.86. The van der Waals surface area contributed by atoms with Crippen LogP contribution in [0.1, 0.15) is 36.2 Å². The van der Waals surface area contributed by atoms with Crippen LogP contribution in [0.5, 0.6) is 0 Å². The molecule has 1 aliphatic heterocycles. The number of aryl methyl sites for hydroxylation is 1. The average Bonchev–Trinajstić information content (AvgIpc) is 2.68. The third-order valence-electron chi connectivity index (χ3n) is 4.86. The number of nitrogens with one attached hydrogen (secondary N) is 1. The quantitative estimate of drug-likeness (QED) is 0.864. The van der Waals surface area contributed by atoms with E-state index in [2.05, 4.69) is 29.0 Å². The average molecular weight is 380 g/mol. The summed E-state index contributed by atoms with van der Waals surface area (Å²) >= 11 is 0. The topological polar surface area (TPSA) is 65.5 Å². The zero-order chi connectivity index (χ0) is 20.1. The van der Waals surface area contributed by atoms with E-state index in [-0.39, 0.29) is 11.8 Å². The van der Waals surface area contributed by atoms with E-state index >= 15 is 0 Å². The van der Waals surface area contributed by atoms with Gasteiger partial charge in [-0.1, -0.05) is 31.5 Å². The van der Waals surface area contributed by atoms with Gasteiger partial charge in [-0.15, -0.1) is 0 Å². The van der Waals surface area contributed by atoms with Crippen molar-refractivity contribution in [2.45, 2.75) is 27.2 Å². The molecule has 6 nitrogen and oxygen atoms in total. The maximum Gasteiger partial charge on any atom is 0.255 e. The summed E-state index contributed by atoms with van der Waals surface area (Å²) in [6.07, 6.45) is 2.28. The lowest BCUT2D eigenvalue weighted by Crippen LogP contribution is -2.49. The fourth-order valence-electron chi connectivity index (χ4n) is 3.22. The molecule has 0 bridgehead atoms. The van der Waals surface area contributed by atoms with E-state index in [0.717, 1.165) is 37.6 Å². The van der Waals surface area contributed by atoms with Crippen LogP contribution in [0.3, 0.4) is 0 Å². The van der Waals surface area contributed by atoms with Gasteiger partial charge in [0.15, 0.2) is 0 Å². The van der Waals surface area contributed by atoms with Crippen LogP contribution in [0, 0.1) is 12.8 Å². The monoisotopic (exact) mass is 380 g/mol. The lowest BCUT2D eigenvalue weighted by molar-refractivity contribution is -0.132. The van der Waals surface area contributed by atoms with Crippen molar-refractivity contribution in [2.75, 3.05) is 36.4 Å². The van der Waals surface area contributed by atoms with Crippen LogP contribution in [0.2, 0.25) is 0 Å². The van der Waals surface area contributed by atoms with E-state index in [0.29, 0.717) is 23.6 Å². The molecule has 0 atom stereocenters. The molecule has 3 rings (SSSR count). The molecule has 2 aromatic rings. The molecule has 1 saturated heterocycles. The summed E-state index contributed by atoms with van der Waals surface area (Å²) in [5.74, 6) is 1.34. The van der Waals surface area contributed by atoms with E-state index in [1.807, 2.05) is 48.2 Å². The second-order valence-corrected chi connectivity index (χ2v) is 7.69. The van der Waals surface area contributed by atoms with Gasteiger partial charge in [0.1, 0.15) is 5.82 Å². The van der Waals surface area contributed by atoms with Gasteiger partial charge < -0.3 is 15.1 Å². The van der Waals surface area contributed by atoms with Crippen LogP contribution < -0.4 is 10.2 Å². The molecule has 0 aliphatic carbocycles.